The third kappa shape index (κ3) is 6.07. The number of carboxylic acids is 1. The molecule has 3 aromatic rings. The van der Waals surface area contributed by atoms with Gasteiger partial charge in [-0.1, -0.05) is 35.0 Å². The molecule has 0 atom stereocenters. The zero-order chi connectivity index (χ0) is 25.8. The minimum atomic E-state index is -1.04. The van der Waals surface area contributed by atoms with E-state index in [1.54, 1.807) is 23.6 Å². The lowest BCUT2D eigenvalue weighted by Crippen LogP contribution is -2.29. The molecule has 0 radical (unpaired) electrons. The number of anilines is 1. The van der Waals surface area contributed by atoms with Crippen LogP contribution in [-0.2, 0) is 6.54 Å². The molecular formula is C28H33ClN4O3S. The summed E-state index contributed by atoms with van der Waals surface area (Å²) in [6.07, 6.45) is 7.90. The number of hydrogen-bond donors (Lipinski definition) is 1. The Labute approximate surface area is 227 Å². The van der Waals surface area contributed by atoms with Gasteiger partial charge in [0.2, 0.25) is 5.69 Å². The highest BCUT2D eigenvalue weighted by atomic mass is 35.5. The minimum Gasteiger partial charge on any atom is -0.497 e. The van der Waals surface area contributed by atoms with E-state index in [0.29, 0.717) is 22.7 Å². The van der Waals surface area contributed by atoms with Gasteiger partial charge >= 0.3 is 5.97 Å². The van der Waals surface area contributed by atoms with Gasteiger partial charge in [-0.2, -0.15) is 0 Å². The Morgan fingerprint density at radius 2 is 1.81 bits per heavy atom. The quantitative estimate of drug-likeness (QED) is 0.349. The summed E-state index contributed by atoms with van der Waals surface area (Å²) < 4.78 is 6.94. The van der Waals surface area contributed by atoms with E-state index < -0.39 is 5.97 Å². The Bertz CT molecular complexity index is 1220. The predicted octanol–water partition coefficient (Wildman–Crippen LogP) is 6.50. The fourth-order valence-corrected chi connectivity index (χ4v) is 7.00. The summed E-state index contributed by atoms with van der Waals surface area (Å²) in [4.78, 5) is 14.3. The number of piperidine rings is 1. The molecule has 1 aromatic heterocycles. The van der Waals surface area contributed by atoms with Crippen molar-refractivity contribution in [3.8, 4) is 5.75 Å². The zero-order valence-corrected chi connectivity index (χ0v) is 22.7. The van der Waals surface area contributed by atoms with Gasteiger partial charge in [0.15, 0.2) is 0 Å². The summed E-state index contributed by atoms with van der Waals surface area (Å²) in [6.45, 7) is 2.64. The van der Waals surface area contributed by atoms with Crippen molar-refractivity contribution in [2.45, 2.75) is 67.7 Å². The van der Waals surface area contributed by atoms with Crippen LogP contribution in [0.2, 0.25) is 5.02 Å². The molecule has 1 saturated carbocycles. The molecule has 1 saturated heterocycles. The molecule has 0 unspecified atom stereocenters. The van der Waals surface area contributed by atoms with Gasteiger partial charge < -0.3 is 14.7 Å². The molecule has 0 bridgehead atoms. The normalized spacial score (nSPS) is 20.1. The van der Waals surface area contributed by atoms with Crippen LogP contribution in [-0.4, -0.2) is 51.5 Å². The smallest absolute Gasteiger partial charge is 0.359 e. The van der Waals surface area contributed by atoms with Crippen LogP contribution in [0.5, 0.6) is 5.75 Å². The van der Waals surface area contributed by atoms with Gasteiger partial charge in [-0.05, 0) is 86.3 Å². The number of ether oxygens (including phenoxy) is 1. The third-order valence-corrected chi connectivity index (χ3v) is 9.21. The van der Waals surface area contributed by atoms with Crippen LogP contribution in [0, 0.1) is 0 Å². The second-order valence-electron chi connectivity index (χ2n) is 9.90. The summed E-state index contributed by atoms with van der Waals surface area (Å²) in [5, 5.41) is 19.7. The molecule has 0 amide bonds. The monoisotopic (exact) mass is 540 g/mol. The highest BCUT2D eigenvalue weighted by Crippen LogP contribution is 2.42. The van der Waals surface area contributed by atoms with Crippen molar-refractivity contribution in [3.05, 3.63) is 64.3 Å². The first-order valence-corrected chi connectivity index (χ1v) is 14.3. The molecule has 37 heavy (non-hydrogen) atoms. The van der Waals surface area contributed by atoms with Crippen molar-refractivity contribution in [1.29, 1.82) is 0 Å². The number of carbonyl (C=O) groups is 1. The second-order valence-corrected chi connectivity index (χ2v) is 11.6. The fourth-order valence-electron chi connectivity index (χ4n) is 5.40. The van der Waals surface area contributed by atoms with E-state index in [-0.39, 0.29) is 5.69 Å². The molecule has 1 aliphatic carbocycles. The molecular weight excluding hydrogens is 508 g/mol. The number of benzene rings is 2. The maximum absolute atomic E-state index is 11.9. The molecule has 0 spiro atoms. The molecule has 1 aliphatic heterocycles. The van der Waals surface area contributed by atoms with Crippen LogP contribution in [0.25, 0.3) is 0 Å². The zero-order valence-electron chi connectivity index (χ0n) is 21.1. The van der Waals surface area contributed by atoms with E-state index in [2.05, 4.69) is 33.4 Å². The molecule has 2 aromatic carbocycles. The molecule has 5 rings (SSSR count). The van der Waals surface area contributed by atoms with Crippen molar-refractivity contribution >= 4 is 35.0 Å². The number of aromatic carboxylic acids is 1. The topological polar surface area (TPSA) is 80.5 Å². The lowest BCUT2D eigenvalue weighted by molar-refractivity contribution is 0.0686. The van der Waals surface area contributed by atoms with Gasteiger partial charge in [-0.15, -0.1) is 16.9 Å². The van der Waals surface area contributed by atoms with Crippen molar-refractivity contribution in [2.24, 2.45) is 0 Å². The van der Waals surface area contributed by atoms with Gasteiger partial charge in [0.1, 0.15) is 10.8 Å². The molecule has 196 valence electrons. The number of hydrogen-bond acceptors (Lipinski definition) is 6. The Morgan fingerprint density at radius 1 is 1.08 bits per heavy atom. The van der Waals surface area contributed by atoms with E-state index in [1.165, 1.54) is 24.8 Å². The van der Waals surface area contributed by atoms with Gasteiger partial charge in [0, 0.05) is 18.3 Å². The summed E-state index contributed by atoms with van der Waals surface area (Å²) >= 11 is 8.33. The lowest BCUT2D eigenvalue weighted by atomic mass is 9.84. The number of rotatable bonds is 8. The number of thioether (sulfide) groups is 1. The van der Waals surface area contributed by atoms with Crippen LogP contribution in [0.15, 0.2) is 47.5 Å². The SMILES string of the molecule is COc1ccc(Cn2nnc(C(=O)O)c2SC2CCC(c3ccc(N4CCCCC4)c(Cl)c3)CC2)cc1. The molecule has 7 nitrogen and oxygen atoms in total. The maximum atomic E-state index is 11.9. The molecule has 1 N–H and O–H groups in total. The molecule has 2 heterocycles. The van der Waals surface area contributed by atoms with Crippen LogP contribution in [0.4, 0.5) is 5.69 Å². The Kier molecular flexibility index (Phi) is 8.25. The maximum Gasteiger partial charge on any atom is 0.359 e. The molecule has 2 aliphatic rings. The van der Waals surface area contributed by atoms with Crippen LogP contribution in [0.1, 0.15) is 72.5 Å². The third-order valence-electron chi connectivity index (χ3n) is 7.48. The highest BCUT2D eigenvalue weighted by Gasteiger charge is 2.28. The summed E-state index contributed by atoms with van der Waals surface area (Å²) in [6, 6.07) is 14.3. The average molecular weight is 541 g/mol. The van der Waals surface area contributed by atoms with Gasteiger partial charge in [-0.3, -0.25) is 0 Å². The number of aromatic nitrogens is 3. The second kappa shape index (κ2) is 11.8. The number of methoxy groups -OCH3 is 1. The first-order chi connectivity index (χ1) is 18.0. The Balaban J connectivity index is 1.23. The summed E-state index contributed by atoms with van der Waals surface area (Å²) in [7, 11) is 1.63. The molecule has 2 fully saturated rings. The van der Waals surface area contributed by atoms with Crippen LogP contribution < -0.4 is 9.64 Å². The average Bonchev–Trinajstić information content (AvgIpc) is 3.32. The summed E-state index contributed by atoms with van der Waals surface area (Å²) in [5.74, 6) is 0.217. The van der Waals surface area contributed by atoms with E-state index in [1.807, 2.05) is 24.3 Å². The lowest BCUT2D eigenvalue weighted by Gasteiger charge is -2.31. The first-order valence-electron chi connectivity index (χ1n) is 13.0. The van der Waals surface area contributed by atoms with Crippen LogP contribution >= 0.6 is 23.4 Å². The van der Waals surface area contributed by atoms with Gasteiger partial charge in [-0.25, -0.2) is 9.48 Å². The van der Waals surface area contributed by atoms with Gasteiger partial charge in [0.05, 0.1) is 24.4 Å². The number of halogens is 1. The van der Waals surface area contributed by atoms with E-state index in [9.17, 15) is 9.90 Å². The van der Waals surface area contributed by atoms with Crippen molar-refractivity contribution in [3.63, 3.8) is 0 Å². The van der Waals surface area contributed by atoms with E-state index >= 15 is 0 Å². The first kappa shape index (κ1) is 25.9. The minimum absolute atomic E-state index is 0.0284. The van der Waals surface area contributed by atoms with Crippen LogP contribution in [0.3, 0.4) is 0 Å². The highest BCUT2D eigenvalue weighted by molar-refractivity contribution is 7.99. The predicted molar refractivity (Wildman–Crippen MR) is 147 cm³/mol. The van der Waals surface area contributed by atoms with Crippen molar-refractivity contribution in [1.82, 2.24) is 15.0 Å². The number of carboxylic acid groups (broad SMARTS) is 1. The van der Waals surface area contributed by atoms with Gasteiger partial charge in [0.25, 0.3) is 0 Å². The number of nitrogens with zero attached hydrogens (tertiary/aromatic N) is 4. The standard InChI is InChI=1S/C28H33ClN4O3S/c1-36-22-10-5-19(6-11-22)18-33-27(26(28(34)35)30-31-33)37-23-12-7-20(8-13-23)21-9-14-25(24(29)17-21)32-15-3-2-4-16-32/h5-6,9-11,14,17,20,23H,2-4,7-8,12-13,15-16,18H2,1H3,(H,34,35). The van der Waals surface area contributed by atoms with E-state index in [4.69, 9.17) is 16.3 Å². The van der Waals surface area contributed by atoms with Crippen molar-refractivity contribution in [2.75, 3.05) is 25.1 Å². The summed E-state index contributed by atoms with van der Waals surface area (Å²) in [5.41, 5.74) is 3.51. The molecule has 9 heteroatoms. The fraction of sp³-hybridized carbons (Fsp3) is 0.464. The Morgan fingerprint density at radius 3 is 2.46 bits per heavy atom. The largest absolute Gasteiger partial charge is 0.497 e. The Hall–Kier alpha value is -2.71. The van der Waals surface area contributed by atoms with E-state index in [0.717, 1.165) is 60.8 Å². The van der Waals surface area contributed by atoms with Crippen molar-refractivity contribution < 1.29 is 14.6 Å².